The van der Waals surface area contributed by atoms with Crippen LogP contribution in [-0.2, 0) is 4.74 Å². The van der Waals surface area contributed by atoms with E-state index in [1.54, 1.807) is 0 Å². The molecule has 122 valence electrons. The van der Waals surface area contributed by atoms with Gasteiger partial charge in [0.15, 0.2) is 0 Å². The van der Waals surface area contributed by atoms with Gasteiger partial charge >= 0.3 is 0 Å². The van der Waals surface area contributed by atoms with Gasteiger partial charge in [-0.3, -0.25) is 4.90 Å². The Morgan fingerprint density at radius 1 is 1.00 bits per heavy atom. The number of rotatable bonds is 5. The van der Waals surface area contributed by atoms with Crippen LogP contribution in [-0.4, -0.2) is 43.8 Å². The van der Waals surface area contributed by atoms with Crippen LogP contribution in [0, 0.1) is 0 Å². The quantitative estimate of drug-likeness (QED) is 0.902. The first kappa shape index (κ1) is 16.0. The zero-order chi connectivity index (χ0) is 15.0. The fraction of sp³-hybridized carbons (Fsp3) is 0.684. The number of ether oxygens (including phenoxy) is 1. The Morgan fingerprint density at radius 2 is 1.68 bits per heavy atom. The maximum Gasteiger partial charge on any atom is 0.0480 e. The standard InChI is InChI=1S/C19H30N2O/c1-2-7-13-21(12-6-1)19(17-8-4-3-5-9-17)16-20-18-10-14-22-15-11-18/h3-5,8-9,18-20H,1-2,6-7,10-16H2/t19-/m0/s1. The van der Waals surface area contributed by atoms with Gasteiger partial charge in [0.05, 0.1) is 0 Å². The molecule has 2 aliphatic rings. The van der Waals surface area contributed by atoms with Crippen molar-refractivity contribution in [2.75, 3.05) is 32.8 Å². The molecule has 1 aromatic carbocycles. The molecule has 2 heterocycles. The summed E-state index contributed by atoms with van der Waals surface area (Å²) >= 11 is 0. The first-order valence-corrected chi connectivity index (χ1v) is 9.03. The Kier molecular flexibility index (Phi) is 6.29. The van der Waals surface area contributed by atoms with Gasteiger partial charge in [-0.2, -0.15) is 0 Å². The first-order valence-electron chi connectivity index (χ1n) is 9.03. The summed E-state index contributed by atoms with van der Waals surface area (Å²) in [5, 5.41) is 3.82. The van der Waals surface area contributed by atoms with Gasteiger partial charge in [-0.05, 0) is 44.3 Å². The molecular formula is C19H30N2O. The average Bonchev–Trinajstić information content (AvgIpc) is 2.86. The van der Waals surface area contributed by atoms with E-state index in [9.17, 15) is 0 Å². The fourth-order valence-corrected chi connectivity index (χ4v) is 3.72. The number of likely N-dealkylation sites (tertiary alicyclic amines) is 1. The summed E-state index contributed by atoms with van der Waals surface area (Å²) in [6.45, 7) is 5.38. The number of benzene rings is 1. The number of hydrogen-bond donors (Lipinski definition) is 1. The van der Waals surface area contributed by atoms with E-state index < -0.39 is 0 Å². The molecule has 22 heavy (non-hydrogen) atoms. The lowest BCUT2D eigenvalue weighted by molar-refractivity contribution is 0.0748. The molecule has 0 bridgehead atoms. The molecule has 2 saturated heterocycles. The summed E-state index contributed by atoms with van der Waals surface area (Å²) in [5.41, 5.74) is 1.46. The summed E-state index contributed by atoms with van der Waals surface area (Å²) in [4.78, 5) is 2.70. The Morgan fingerprint density at radius 3 is 2.36 bits per heavy atom. The van der Waals surface area contributed by atoms with Crippen LogP contribution < -0.4 is 5.32 Å². The molecule has 0 unspecified atom stereocenters. The van der Waals surface area contributed by atoms with Gasteiger partial charge in [0.1, 0.15) is 0 Å². The Bertz CT molecular complexity index is 409. The zero-order valence-electron chi connectivity index (χ0n) is 13.7. The van der Waals surface area contributed by atoms with E-state index in [0.29, 0.717) is 12.1 Å². The molecule has 2 aliphatic heterocycles. The van der Waals surface area contributed by atoms with Crippen LogP contribution in [0.4, 0.5) is 0 Å². The smallest absolute Gasteiger partial charge is 0.0480 e. The van der Waals surface area contributed by atoms with Crippen molar-refractivity contribution in [1.82, 2.24) is 10.2 Å². The summed E-state index contributed by atoms with van der Waals surface area (Å²) < 4.78 is 5.47. The summed E-state index contributed by atoms with van der Waals surface area (Å²) in [5.74, 6) is 0. The number of nitrogens with one attached hydrogen (secondary N) is 1. The second kappa shape index (κ2) is 8.66. The van der Waals surface area contributed by atoms with Crippen LogP contribution in [0.1, 0.15) is 50.1 Å². The lowest BCUT2D eigenvalue weighted by Crippen LogP contribution is -2.42. The molecule has 1 N–H and O–H groups in total. The monoisotopic (exact) mass is 302 g/mol. The van der Waals surface area contributed by atoms with E-state index in [1.807, 2.05) is 0 Å². The van der Waals surface area contributed by atoms with Gasteiger partial charge in [-0.15, -0.1) is 0 Å². The highest BCUT2D eigenvalue weighted by Gasteiger charge is 2.23. The van der Waals surface area contributed by atoms with Crippen LogP contribution in [0.15, 0.2) is 30.3 Å². The Balaban J connectivity index is 1.65. The highest BCUT2D eigenvalue weighted by molar-refractivity contribution is 5.19. The van der Waals surface area contributed by atoms with Crippen LogP contribution in [0.25, 0.3) is 0 Å². The van der Waals surface area contributed by atoms with Crippen molar-refractivity contribution in [1.29, 1.82) is 0 Å². The second-order valence-electron chi connectivity index (χ2n) is 6.67. The van der Waals surface area contributed by atoms with Crippen molar-refractivity contribution in [3.63, 3.8) is 0 Å². The maximum absolute atomic E-state index is 5.47. The SMILES string of the molecule is c1ccc([C@H](CNC2CCOCC2)N2CCCCCC2)cc1. The number of hydrogen-bond acceptors (Lipinski definition) is 3. The molecular weight excluding hydrogens is 272 g/mol. The van der Waals surface area contributed by atoms with E-state index in [4.69, 9.17) is 4.74 Å². The van der Waals surface area contributed by atoms with Gasteiger partial charge in [0.25, 0.3) is 0 Å². The van der Waals surface area contributed by atoms with E-state index in [-0.39, 0.29) is 0 Å². The van der Waals surface area contributed by atoms with Crippen molar-refractivity contribution >= 4 is 0 Å². The van der Waals surface area contributed by atoms with Crippen molar-refractivity contribution in [2.45, 2.75) is 50.6 Å². The minimum Gasteiger partial charge on any atom is -0.381 e. The predicted octanol–water partition coefficient (Wildman–Crippen LogP) is 3.37. The molecule has 2 fully saturated rings. The third-order valence-corrected chi connectivity index (χ3v) is 5.09. The first-order chi connectivity index (χ1) is 10.9. The van der Waals surface area contributed by atoms with Crippen molar-refractivity contribution < 1.29 is 4.74 Å². The zero-order valence-corrected chi connectivity index (χ0v) is 13.7. The molecule has 0 radical (unpaired) electrons. The third-order valence-electron chi connectivity index (χ3n) is 5.09. The summed E-state index contributed by atoms with van der Waals surface area (Å²) in [7, 11) is 0. The highest BCUT2D eigenvalue weighted by Crippen LogP contribution is 2.24. The molecule has 0 amide bonds. The van der Waals surface area contributed by atoms with E-state index in [1.165, 1.54) is 44.3 Å². The van der Waals surface area contributed by atoms with Gasteiger partial charge in [0.2, 0.25) is 0 Å². The average molecular weight is 302 g/mol. The van der Waals surface area contributed by atoms with Crippen LogP contribution in [0.5, 0.6) is 0 Å². The van der Waals surface area contributed by atoms with Gasteiger partial charge < -0.3 is 10.1 Å². The Labute approximate surface area is 135 Å². The molecule has 1 aromatic rings. The predicted molar refractivity (Wildman–Crippen MR) is 91.1 cm³/mol. The molecule has 1 atom stereocenters. The molecule has 0 aromatic heterocycles. The maximum atomic E-state index is 5.47. The molecule has 3 nitrogen and oxygen atoms in total. The molecule has 0 spiro atoms. The molecule has 3 rings (SSSR count). The highest BCUT2D eigenvalue weighted by atomic mass is 16.5. The van der Waals surface area contributed by atoms with Gasteiger partial charge in [-0.1, -0.05) is 43.2 Å². The number of nitrogens with zero attached hydrogens (tertiary/aromatic N) is 1. The minimum absolute atomic E-state index is 0.516. The van der Waals surface area contributed by atoms with E-state index >= 15 is 0 Å². The third kappa shape index (κ3) is 4.55. The van der Waals surface area contributed by atoms with Crippen molar-refractivity contribution in [3.05, 3.63) is 35.9 Å². The topological polar surface area (TPSA) is 24.5 Å². The normalized spacial score (nSPS) is 23.1. The summed E-state index contributed by atoms with van der Waals surface area (Å²) in [6.07, 6.45) is 7.79. The van der Waals surface area contributed by atoms with Crippen LogP contribution >= 0.6 is 0 Å². The van der Waals surface area contributed by atoms with Gasteiger partial charge in [0, 0.05) is 31.8 Å². The lowest BCUT2D eigenvalue weighted by Gasteiger charge is -2.33. The van der Waals surface area contributed by atoms with E-state index in [2.05, 4.69) is 40.5 Å². The van der Waals surface area contributed by atoms with Crippen LogP contribution in [0.2, 0.25) is 0 Å². The van der Waals surface area contributed by atoms with Gasteiger partial charge in [-0.25, -0.2) is 0 Å². The van der Waals surface area contributed by atoms with Crippen molar-refractivity contribution in [3.8, 4) is 0 Å². The Hall–Kier alpha value is -0.900. The molecule has 3 heteroatoms. The second-order valence-corrected chi connectivity index (χ2v) is 6.67. The lowest BCUT2D eigenvalue weighted by atomic mass is 10.0. The fourth-order valence-electron chi connectivity index (χ4n) is 3.72. The van der Waals surface area contributed by atoms with E-state index in [0.717, 1.165) is 32.6 Å². The molecule has 0 saturated carbocycles. The molecule has 0 aliphatic carbocycles. The largest absolute Gasteiger partial charge is 0.381 e. The van der Waals surface area contributed by atoms with Crippen molar-refractivity contribution in [2.24, 2.45) is 0 Å². The minimum atomic E-state index is 0.516. The summed E-state index contributed by atoms with van der Waals surface area (Å²) in [6, 6.07) is 12.2. The van der Waals surface area contributed by atoms with Crippen LogP contribution in [0.3, 0.4) is 0 Å².